The number of benzene rings is 3. The van der Waals surface area contributed by atoms with Gasteiger partial charge in [-0.1, -0.05) is 35.5 Å². The lowest BCUT2D eigenvalue weighted by Crippen LogP contribution is -2.46. The predicted octanol–water partition coefficient (Wildman–Crippen LogP) is 5.86. The summed E-state index contributed by atoms with van der Waals surface area (Å²) in [6.45, 7) is 7.14. The van der Waals surface area contributed by atoms with E-state index in [-0.39, 0.29) is 5.97 Å². The average Bonchev–Trinajstić information content (AvgIpc) is 2.90. The number of carbonyl (C=O) groups excluding carboxylic acids is 1. The number of ether oxygens (including phenoxy) is 2. The van der Waals surface area contributed by atoms with Crippen LogP contribution in [0.3, 0.4) is 0 Å². The SMILES string of the molecule is COC(=O)c1ccc(Sc2ccc(OCCCN3CCN(Cc4ccc(Cl)cc4)CC3)cc2)cc1. The molecule has 0 unspecified atom stereocenters. The van der Waals surface area contributed by atoms with E-state index in [1.165, 1.54) is 12.7 Å². The molecule has 3 aromatic rings. The normalized spacial score (nSPS) is 14.6. The van der Waals surface area contributed by atoms with Gasteiger partial charge in [-0.3, -0.25) is 4.90 Å². The molecule has 0 amide bonds. The van der Waals surface area contributed by atoms with Crippen LogP contribution in [-0.2, 0) is 11.3 Å². The summed E-state index contributed by atoms with van der Waals surface area (Å²) in [4.78, 5) is 18.8. The Morgan fingerprint density at radius 1 is 0.857 bits per heavy atom. The van der Waals surface area contributed by atoms with Crippen molar-refractivity contribution in [3.05, 3.63) is 88.9 Å². The van der Waals surface area contributed by atoms with Crippen LogP contribution in [0, 0.1) is 0 Å². The molecular formula is C28H31ClN2O3S. The number of methoxy groups -OCH3 is 1. The maximum Gasteiger partial charge on any atom is 0.337 e. The molecule has 0 radical (unpaired) electrons. The van der Waals surface area contributed by atoms with E-state index in [1.807, 2.05) is 36.4 Å². The molecule has 0 bridgehead atoms. The van der Waals surface area contributed by atoms with Gasteiger partial charge in [-0.2, -0.15) is 0 Å². The van der Waals surface area contributed by atoms with E-state index >= 15 is 0 Å². The molecule has 1 heterocycles. The summed E-state index contributed by atoms with van der Waals surface area (Å²) in [6.07, 6.45) is 1.01. The number of carbonyl (C=O) groups is 1. The molecule has 0 atom stereocenters. The summed E-state index contributed by atoms with van der Waals surface area (Å²) in [5.74, 6) is 0.572. The summed E-state index contributed by atoms with van der Waals surface area (Å²) >= 11 is 7.63. The van der Waals surface area contributed by atoms with Gasteiger partial charge in [0.1, 0.15) is 5.75 Å². The van der Waals surface area contributed by atoms with Gasteiger partial charge in [0.25, 0.3) is 0 Å². The fourth-order valence-electron chi connectivity index (χ4n) is 4.01. The van der Waals surface area contributed by atoms with Crippen molar-refractivity contribution in [2.45, 2.75) is 22.8 Å². The molecular weight excluding hydrogens is 480 g/mol. The summed E-state index contributed by atoms with van der Waals surface area (Å²) < 4.78 is 10.7. The molecule has 3 aromatic carbocycles. The van der Waals surface area contributed by atoms with Gasteiger partial charge in [-0.25, -0.2) is 4.79 Å². The minimum Gasteiger partial charge on any atom is -0.494 e. The van der Waals surface area contributed by atoms with Gasteiger partial charge in [0, 0.05) is 54.1 Å². The average molecular weight is 511 g/mol. The van der Waals surface area contributed by atoms with E-state index in [9.17, 15) is 4.79 Å². The number of nitrogens with zero attached hydrogens (tertiary/aromatic N) is 2. The quantitative estimate of drug-likeness (QED) is 0.251. The van der Waals surface area contributed by atoms with Crippen molar-refractivity contribution in [1.29, 1.82) is 0 Å². The van der Waals surface area contributed by atoms with Gasteiger partial charge < -0.3 is 14.4 Å². The highest BCUT2D eigenvalue weighted by atomic mass is 35.5. The standard InChI is InChI=1S/C28H31ClN2O3S/c1-33-28(32)23-5-11-26(12-6-23)35-27-13-9-25(10-14-27)34-20-2-15-30-16-18-31(19-17-30)21-22-3-7-24(29)8-4-22/h3-14H,2,15-21H2,1H3. The van der Waals surface area contributed by atoms with Crippen LogP contribution in [0.1, 0.15) is 22.3 Å². The van der Waals surface area contributed by atoms with Crippen molar-refractivity contribution in [3.63, 3.8) is 0 Å². The lowest BCUT2D eigenvalue weighted by Gasteiger charge is -2.34. The Morgan fingerprint density at radius 2 is 1.46 bits per heavy atom. The number of hydrogen-bond donors (Lipinski definition) is 0. The lowest BCUT2D eigenvalue weighted by molar-refractivity contribution is 0.0600. The molecule has 184 valence electrons. The second-order valence-corrected chi connectivity index (χ2v) is 10.1. The van der Waals surface area contributed by atoms with Crippen molar-refractivity contribution in [1.82, 2.24) is 9.80 Å². The molecule has 0 aromatic heterocycles. The topological polar surface area (TPSA) is 42.0 Å². The molecule has 1 aliphatic rings. The fourth-order valence-corrected chi connectivity index (χ4v) is 4.96. The van der Waals surface area contributed by atoms with Crippen LogP contribution >= 0.6 is 23.4 Å². The molecule has 1 fully saturated rings. The largest absolute Gasteiger partial charge is 0.494 e. The zero-order chi connectivity index (χ0) is 24.5. The summed E-state index contributed by atoms with van der Waals surface area (Å²) in [5, 5.41) is 0.791. The second-order valence-electron chi connectivity index (χ2n) is 8.54. The summed E-state index contributed by atoms with van der Waals surface area (Å²) in [7, 11) is 1.39. The van der Waals surface area contributed by atoms with Crippen LogP contribution in [0.2, 0.25) is 5.02 Å². The Kier molecular flexibility index (Phi) is 9.49. The minimum atomic E-state index is -0.320. The molecule has 0 saturated carbocycles. The monoisotopic (exact) mass is 510 g/mol. The van der Waals surface area contributed by atoms with Crippen LogP contribution in [0.5, 0.6) is 5.75 Å². The second kappa shape index (κ2) is 13.0. The van der Waals surface area contributed by atoms with Gasteiger partial charge in [0.2, 0.25) is 0 Å². The highest BCUT2D eigenvalue weighted by Crippen LogP contribution is 2.29. The molecule has 1 aliphatic heterocycles. The van der Waals surface area contributed by atoms with Crippen molar-refractivity contribution < 1.29 is 14.3 Å². The zero-order valence-corrected chi connectivity index (χ0v) is 21.6. The van der Waals surface area contributed by atoms with Gasteiger partial charge in [-0.05, 0) is 72.6 Å². The Balaban J connectivity index is 1.12. The van der Waals surface area contributed by atoms with Crippen LogP contribution in [0.15, 0.2) is 82.6 Å². The number of halogens is 1. The van der Waals surface area contributed by atoms with E-state index in [2.05, 4.69) is 34.1 Å². The Labute approximate surface area is 217 Å². The molecule has 0 N–H and O–H groups in total. The van der Waals surface area contributed by atoms with Crippen molar-refractivity contribution >= 4 is 29.3 Å². The van der Waals surface area contributed by atoms with Crippen LogP contribution in [0.4, 0.5) is 0 Å². The van der Waals surface area contributed by atoms with E-state index < -0.39 is 0 Å². The van der Waals surface area contributed by atoms with Gasteiger partial charge >= 0.3 is 5.97 Å². The first-order valence-electron chi connectivity index (χ1n) is 11.9. The number of rotatable bonds is 10. The summed E-state index contributed by atoms with van der Waals surface area (Å²) in [6, 6.07) is 23.7. The van der Waals surface area contributed by atoms with Crippen LogP contribution in [0.25, 0.3) is 0 Å². The van der Waals surface area contributed by atoms with Crippen molar-refractivity contribution in [2.24, 2.45) is 0 Å². The first-order valence-corrected chi connectivity index (χ1v) is 13.1. The maximum atomic E-state index is 11.6. The minimum absolute atomic E-state index is 0.320. The lowest BCUT2D eigenvalue weighted by atomic mass is 10.2. The van der Waals surface area contributed by atoms with Gasteiger partial charge in [0.05, 0.1) is 19.3 Å². The number of esters is 1. The smallest absolute Gasteiger partial charge is 0.337 e. The molecule has 0 spiro atoms. The van der Waals surface area contributed by atoms with E-state index in [1.54, 1.807) is 23.9 Å². The molecule has 4 rings (SSSR count). The first-order chi connectivity index (χ1) is 17.1. The molecule has 1 saturated heterocycles. The fraction of sp³-hybridized carbons (Fsp3) is 0.321. The third kappa shape index (κ3) is 8.00. The van der Waals surface area contributed by atoms with E-state index in [0.717, 1.165) is 66.3 Å². The molecule has 0 aliphatic carbocycles. The third-order valence-electron chi connectivity index (χ3n) is 6.01. The Hall–Kier alpha value is -2.51. The Morgan fingerprint density at radius 3 is 2.09 bits per heavy atom. The third-order valence-corrected chi connectivity index (χ3v) is 7.27. The van der Waals surface area contributed by atoms with Gasteiger partial charge in [-0.15, -0.1) is 0 Å². The highest BCUT2D eigenvalue weighted by Gasteiger charge is 2.16. The van der Waals surface area contributed by atoms with E-state index in [0.29, 0.717) is 12.2 Å². The first kappa shape index (κ1) is 25.6. The molecule has 7 heteroatoms. The molecule has 35 heavy (non-hydrogen) atoms. The van der Waals surface area contributed by atoms with Crippen LogP contribution < -0.4 is 4.74 Å². The maximum absolute atomic E-state index is 11.6. The number of piperazine rings is 1. The van der Waals surface area contributed by atoms with Crippen LogP contribution in [-0.4, -0.2) is 62.2 Å². The van der Waals surface area contributed by atoms with Crippen molar-refractivity contribution in [3.8, 4) is 5.75 Å². The predicted molar refractivity (Wildman–Crippen MR) is 142 cm³/mol. The highest BCUT2D eigenvalue weighted by molar-refractivity contribution is 7.99. The number of hydrogen-bond acceptors (Lipinski definition) is 6. The Bertz CT molecular complexity index is 1070. The molecule has 5 nitrogen and oxygen atoms in total. The zero-order valence-electron chi connectivity index (χ0n) is 20.0. The summed E-state index contributed by atoms with van der Waals surface area (Å²) in [5.41, 5.74) is 1.87. The van der Waals surface area contributed by atoms with E-state index in [4.69, 9.17) is 21.1 Å². The van der Waals surface area contributed by atoms with Gasteiger partial charge in [0.15, 0.2) is 0 Å². The van der Waals surface area contributed by atoms with Crippen molar-refractivity contribution in [2.75, 3.05) is 46.4 Å².